The zero-order chi connectivity index (χ0) is 26.4. The average Bonchev–Trinajstić information content (AvgIpc) is 3.24. The average molecular weight is 516 g/mol. The summed E-state index contributed by atoms with van der Waals surface area (Å²) in [6.07, 6.45) is 4.96. The molecule has 1 aliphatic rings. The largest absolute Gasteiger partial charge is 0.335 e. The molecule has 0 bridgehead atoms. The van der Waals surface area contributed by atoms with Crippen LogP contribution in [0.5, 0.6) is 0 Å². The second kappa shape index (κ2) is 12.7. The minimum atomic E-state index is 0.0406. The number of carbonyl (C=O) groups is 2. The molecule has 0 radical (unpaired) electrons. The van der Waals surface area contributed by atoms with Gasteiger partial charge in [-0.05, 0) is 43.9 Å². The molecule has 8 heteroatoms. The molecule has 1 aromatic carbocycles. The van der Waals surface area contributed by atoms with E-state index in [1.165, 1.54) is 0 Å². The third-order valence-electron chi connectivity index (χ3n) is 6.72. The van der Waals surface area contributed by atoms with Gasteiger partial charge in [-0.2, -0.15) is 0 Å². The van der Waals surface area contributed by atoms with Crippen molar-refractivity contribution in [3.8, 4) is 0 Å². The SMILES string of the molecule is CC(C)CC(=O)N1CCCN(C(C)C)CCN(C(=O)Cn2ccnc2C(C)C)Cc2ccc(Cl)cc21. The van der Waals surface area contributed by atoms with E-state index in [0.717, 1.165) is 36.6 Å². The number of aromatic nitrogens is 2. The molecule has 0 saturated heterocycles. The summed E-state index contributed by atoms with van der Waals surface area (Å²) < 4.78 is 1.94. The Morgan fingerprint density at radius 3 is 2.42 bits per heavy atom. The Bertz CT molecular complexity index is 1030. The van der Waals surface area contributed by atoms with Gasteiger partial charge in [0.2, 0.25) is 11.8 Å². The maximum Gasteiger partial charge on any atom is 0.242 e. The molecule has 2 heterocycles. The Labute approximate surface area is 221 Å². The van der Waals surface area contributed by atoms with E-state index in [-0.39, 0.29) is 30.2 Å². The van der Waals surface area contributed by atoms with E-state index in [0.29, 0.717) is 37.1 Å². The fourth-order valence-electron chi connectivity index (χ4n) is 4.77. The smallest absolute Gasteiger partial charge is 0.242 e. The van der Waals surface area contributed by atoms with Gasteiger partial charge < -0.3 is 14.4 Å². The highest BCUT2D eigenvalue weighted by Crippen LogP contribution is 2.29. The molecule has 0 fully saturated rings. The van der Waals surface area contributed by atoms with Crippen molar-refractivity contribution in [2.45, 2.75) is 79.4 Å². The number of fused-ring (bicyclic) bond motifs is 1. The molecule has 0 N–H and O–H groups in total. The zero-order valence-electron chi connectivity index (χ0n) is 22.7. The predicted octanol–water partition coefficient (Wildman–Crippen LogP) is 5.18. The van der Waals surface area contributed by atoms with Crippen molar-refractivity contribution in [1.82, 2.24) is 19.4 Å². The number of nitrogens with zero attached hydrogens (tertiary/aromatic N) is 5. The van der Waals surface area contributed by atoms with Crippen molar-refractivity contribution in [3.05, 3.63) is 47.0 Å². The Morgan fingerprint density at radius 1 is 1.00 bits per heavy atom. The van der Waals surface area contributed by atoms with Gasteiger partial charge in [0, 0.05) is 68.5 Å². The standard InChI is InChI=1S/C28H42ClN5O2/c1-20(2)16-26(35)34-12-7-11-31(22(5)6)14-15-32(18-23-8-9-24(29)17-25(23)34)27(36)19-33-13-10-30-28(33)21(3)4/h8-10,13,17,20-22H,7,11-12,14-16,18-19H2,1-6H3. The van der Waals surface area contributed by atoms with Gasteiger partial charge in [0.15, 0.2) is 0 Å². The van der Waals surface area contributed by atoms with Crippen LogP contribution in [0, 0.1) is 5.92 Å². The number of hydrogen-bond donors (Lipinski definition) is 0. The Hall–Kier alpha value is -2.38. The van der Waals surface area contributed by atoms with E-state index >= 15 is 0 Å². The van der Waals surface area contributed by atoms with Crippen LogP contribution in [0.2, 0.25) is 5.02 Å². The number of carbonyl (C=O) groups excluding carboxylic acids is 2. The van der Waals surface area contributed by atoms with Crippen LogP contribution in [0.1, 0.15) is 71.7 Å². The molecule has 1 aromatic heterocycles. The lowest BCUT2D eigenvalue weighted by Crippen LogP contribution is -2.42. The van der Waals surface area contributed by atoms with E-state index in [9.17, 15) is 9.59 Å². The second-order valence-corrected chi connectivity index (χ2v) is 11.2. The van der Waals surface area contributed by atoms with E-state index in [4.69, 9.17) is 11.6 Å². The summed E-state index contributed by atoms with van der Waals surface area (Å²) in [5, 5.41) is 0.590. The van der Waals surface area contributed by atoms with Gasteiger partial charge in [-0.3, -0.25) is 14.5 Å². The summed E-state index contributed by atoms with van der Waals surface area (Å²) in [6, 6.07) is 6.03. The van der Waals surface area contributed by atoms with Crippen molar-refractivity contribution in [3.63, 3.8) is 0 Å². The molecule has 3 rings (SSSR count). The monoisotopic (exact) mass is 515 g/mol. The lowest BCUT2D eigenvalue weighted by molar-refractivity contribution is -0.132. The van der Waals surface area contributed by atoms with Crippen LogP contribution in [0.4, 0.5) is 5.69 Å². The van der Waals surface area contributed by atoms with Gasteiger partial charge in [0.1, 0.15) is 12.4 Å². The number of imidazole rings is 1. The molecular weight excluding hydrogens is 474 g/mol. The first kappa shape index (κ1) is 28.2. The summed E-state index contributed by atoms with van der Waals surface area (Å²) in [5.41, 5.74) is 1.76. The van der Waals surface area contributed by atoms with Gasteiger partial charge in [0.05, 0.1) is 5.69 Å². The van der Waals surface area contributed by atoms with Crippen LogP contribution in [0.25, 0.3) is 0 Å². The van der Waals surface area contributed by atoms with Crippen molar-refractivity contribution >= 4 is 29.1 Å². The van der Waals surface area contributed by atoms with E-state index in [1.54, 1.807) is 6.20 Å². The Morgan fingerprint density at radius 2 is 1.75 bits per heavy atom. The van der Waals surface area contributed by atoms with Crippen molar-refractivity contribution < 1.29 is 9.59 Å². The van der Waals surface area contributed by atoms with Gasteiger partial charge in [-0.25, -0.2) is 4.98 Å². The van der Waals surface area contributed by atoms with Crippen LogP contribution in [0.3, 0.4) is 0 Å². The first-order valence-corrected chi connectivity index (χ1v) is 13.6. The number of halogens is 1. The van der Waals surface area contributed by atoms with E-state index in [1.807, 2.05) is 38.8 Å². The maximum atomic E-state index is 13.7. The molecule has 0 saturated carbocycles. The lowest BCUT2D eigenvalue weighted by Gasteiger charge is -2.30. The van der Waals surface area contributed by atoms with Gasteiger partial charge in [-0.1, -0.05) is 45.4 Å². The van der Waals surface area contributed by atoms with Gasteiger partial charge in [-0.15, -0.1) is 0 Å². The first-order chi connectivity index (χ1) is 17.1. The number of amides is 2. The third-order valence-corrected chi connectivity index (χ3v) is 6.96. The minimum Gasteiger partial charge on any atom is -0.335 e. The minimum absolute atomic E-state index is 0.0406. The van der Waals surface area contributed by atoms with Crippen molar-refractivity contribution in [2.24, 2.45) is 5.92 Å². The molecule has 0 aliphatic carbocycles. The molecule has 0 spiro atoms. The fourth-order valence-corrected chi connectivity index (χ4v) is 4.93. The zero-order valence-corrected chi connectivity index (χ0v) is 23.5. The van der Waals surface area contributed by atoms with E-state index in [2.05, 4.69) is 51.4 Å². The summed E-state index contributed by atoms with van der Waals surface area (Å²) in [6.45, 7) is 16.2. The molecule has 36 heavy (non-hydrogen) atoms. The molecule has 0 atom stereocenters. The molecule has 0 unspecified atom stereocenters. The van der Waals surface area contributed by atoms with Gasteiger partial charge >= 0.3 is 0 Å². The van der Waals surface area contributed by atoms with E-state index < -0.39 is 0 Å². The second-order valence-electron chi connectivity index (χ2n) is 10.8. The highest BCUT2D eigenvalue weighted by atomic mass is 35.5. The van der Waals surface area contributed by atoms with Crippen LogP contribution in [0.15, 0.2) is 30.6 Å². The Kier molecular flexibility index (Phi) is 9.97. The summed E-state index contributed by atoms with van der Waals surface area (Å²) in [5.74, 6) is 1.53. The topological polar surface area (TPSA) is 61.7 Å². The molecule has 2 amide bonds. The summed E-state index contributed by atoms with van der Waals surface area (Å²) in [4.78, 5) is 37.7. The number of rotatable bonds is 6. The highest BCUT2D eigenvalue weighted by molar-refractivity contribution is 6.31. The molecule has 198 valence electrons. The van der Waals surface area contributed by atoms with Crippen LogP contribution in [-0.4, -0.2) is 63.4 Å². The third kappa shape index (κ3) is 7.32. The highest BCUT2D eigenvalue weighted by Gasteiger charge is 2.25. The normalized spacial score (nSPS) is 15.9. The van der Waals surface area contributed by atoms with Crippen LogP contribution in [-0.2, 0) is 22.7 Å². The first-order valence-electron chi connectivity index (χ1n) is 13.2. The van der Waals surface area contributed by atoms with Gasteiger partial charge in [0.25, 0.3) is 0 Å². The molecule has 7 nitrogen and oxygen atoms in total. The number of anilines is 1. The molecule has 1 aliphatic heterocycles. The quantitative estimate of drug-likeness (QED) is 0.531. The fraction of sp³-hybridized carbons (Fsp3) is 0.607. The van der Waals surface area contributed by atoms with Crippen LogP contribution >= 0.6 is 11.6 Å². The maximum absolute atomic E-state index is 13.7. The molecular formula is C28H42ClN5O2. The molecule has 2 aromatic rings. The summed E-state index contributed by atoms with van der Waals surface area (Å²) >= 11 is 6.42. The predicted molar refractivity (Wildman–Crippen MR) is 146 cm³/mol. The number of hydrogen-bond acceptors (Lipinski definition) is 4. The Balaban J connectivity index is 1.98. The summed E-state index contributed by atoms with van der Waals surface area (Å²) in [7, 11) is 0. The van der Waals surface area contributed by atoms with Crippen LogP contribution < -0.4 is 4.90 Å². The van der Waals surface area contributed by atoms with Crippen molar-refractivity contribution in [2.75, 3.05) is 31.1 Å². The van der Waals surface area contributed by atoms with Crippen molar-refractivity contribution in [1.29, 1.82) is 0 Å². The number of benzene rings is 1. The lowest BCUT2D eigenvalue weighted by atomic mass is 10.1.